The zero-order chi connectivity index (χ0) is 13.4. The van der Waals surface area contributed by atoms with Crippen molar-refractivity contribution in [2.75, 3.05) is 7.11 Å². The number of rotatable bonds is 3. The fourth-order valence-corrected chi connectivity index (χ4v) is 2.36. The van der Waals surface area contributed by atoms with Gasteiger partial charge in [-0.05, 0) is 35.4 Å². The molecule has 0 heterocycles. The lowest BCUT2D eigenvalue weighted by atomic mass is 10.1. The lowest BCUT2D eigenvalue weighted by molar-refractivity contribution is 0.415. The Morgan fingerprint density at radius 1 is 0.842 bits per heavy atom. The summed E-state index contributed by atoms with van der Waals surface area (Å²) in [4.78, 5) is 11.9. The molecule has 0 bridgehead atoms. The minimum atomic E-state index is 0.132. The maximum atomic E-state index is 11.9. The second-order valence-electron chi connectivity index (χ2n) is 4.31. The lowest BCUT2D eigenvalue weighted by Gasteiger charge is -1.99. The van der Waals surface area contributed by atoms with E-state index in [0.717, 1.165) is 32.5 Å². The van der Waals surface area contributed by atoms with Gasteiger partial charge in [0.15, 0.2) is 5.43 Å². The average molecular weight is 315 g/mol. The Hall–Kier alpha value is -1.87. The van der Waals surface area contributed by atoms with Crippen molar-refractivity contribution in [1.29, 1.82) is 0 Å². The SMILES string of the molecule is COc1ccc(-c2c(-c3ccc(Br)cc3)c2=O)cc1. The van der Waals surface area contributed by atoms with E-state index in [-0.39, 0.29) is 5.43 Å². The first-order valence-electron chi connectivity index (χ1n) is 5.90. The van der Waals surface area contributed by atoms with Crippen molar-refractivity contribution in [3.63, 3.8) is 0 Å². The first-order valence-corrected chi connectivity index (χ1v) is 6.69. The minimum Gasteiger partial charge on any atom is -0.497 e. The number of benzene rings is 2. The van der Waals surface area contributed by atoms with E-state index in [4.69, 9.17) is 4.74 Å². The van der Waals surface area contributed by atoms with E-state index >= 15 is 0 Å². The molecule has 0 radical (unpaired) electrons. The van der Waals surface area contributed by atoms with Gasteiger partial charge in [0.25, 0.3) is 0 Å². The smallest absolute Gasteiger partial charge is 0.195 e. The molecule has 0 saturated carbocycles. The van der Waals surface area contributed by atoms with E-state index in [2.05, 4.69) is 15.9 Å². The maximum absolute atomic E-state index is 11.9. The molecular formula is C16H11BrO2. The number of ether oxygens (including phenoxy) is 1. The Bertz CT molecular complexity index is 717. The Kier molecular flexibility index (Phi) is 2.99. The molecule has 2 nitrogen and oxygen atoms in total. The second kappa shape index (κ2) is 4.67. The van der Waals surface area contributed by atoms with Crippen molar-refractivity contribution >= 4 is 15.9 Å². The van der Waals surface area contributed by atoms with Gasteiger partial charge in [0.2, 0.25) is 0 Å². The van der Waals surface area contributed by atoms with E-state index in [1.165, 1.54) is 0 Å². The molecule has 3 aromatic carbocycles. The number of halogens is 1. The summed E-state index contributed by atoms with van der Waals surface area (Å²) in [6.07, 6.45) is 0. The number of hydrogen-bond donors (Lipinski definition) is 0. The van der Waals surface area contributed by atoms with E-state index < -0.39 is 0 Å². The van der Waals surface area contributed by atoms with Crippen LogP contribution in [-0.2, 0) is 0 Å². The largest absolute Gasteiger partial charge is 0.497 e. The van der Waals surface area contributed by atoms with Crippen molar-refractivity contribution in [1.82, 2.24) is 0 Å². The molecule has 3 aromatic rings. The lowest BCUT2D eigenvalue weighted by Crippen LogP contribution is -1.82. The zero-order valence-electron chi connectivity index (χ0n) is 10.3. The van der Waals surface area contributed by atoms with Crippen molar-refractivity contribution < 1.29 is 4.74 Å². The standard InChI is InChI=1S/C16H11BrO2/c1-19-13-8-4-11(5-9-13)15-14(16(15)18)10-2-6-12(17)7-3-10/h2-9H,1H3. The molecule has 0 aliphatic rings. The van der Waals surface area contributed by atoms with E-state index in [9.17, 15) is 4.79 Å². The Morgan fingerprint density at radius 2 is 1.32 bits per heavy atom. The van der Waals surface area contributed by atoms with Crippen LogP contribution in [0.4, 0.5) is 0 Å². The van der Waals surface area contributed by atoms with Crippen LogP contribution in [-0.4, -0.2) is 7.11 Å². The topological polar surface area (TPSA) is 26.3 Å². The quantitative estimate of drug-likeness (QED) is 0.729. The molecule has 0 fully saturated rings. The van der Waals surface area contributed by atoms with Crippen LogP contribution >= 0.6 is 15.9 Å². The zero-order valence-corrected chi connectivity index (χ0v) is 11.9. The van der Waals surface area contributed by atoms with Crippen molar-refractivity contribution in [3.8, 4) is 28.0 Å². The molecule has 94 valence electrons. The van der Waals surface area contributed by atoms with Crippen LogP contribution in [0.2, 0.25) is 0 Å². The van der Waals surface area contributed by atoms with Gasteiger partial charge in [0, 0.05) is 15.6 Å². The van der Waals surface area contributed by atoms with Crippen LogP contribution in [0.3, 0.4) is 0 Å². The summed E-state index contributed by atoms with van der Waals surface area (Å²) in [6.45, 7) is 0. The summed E-state index contributed by atoms with van der Waals surface area (Å²) in [5, 5.41) is 0. The fraction of sp³-hybridized carbons (Fsp3) is 0.0625. The van der Waals surface area contributed by atoms with E-state index in [1.807, 2.05) is 48.5 Å². The molecule has 0 N–H and O–H groups in total. The third-order valence-corrected chi connectivity index (χ3v) is 3.68. The minimum absolute atomic E-state index is 0.132. The second-order valence-corrected chi connectivity index (χ2v) is 5.23. The molecule has 3 rings (SSSR count). The normalized spacial score (nSPS) is 10.8. The molecule has 0 spiro atoms. The van der Waals surface area contributed by atoms with Crippen LogP contribution in [0.25, 0.3) is 22.3 Å². The highest BCUT2D eigenvalue weighted by Gasteiger charge is 2.24. The maximum Gasteiger partial charge on any atom is 0.195 e. The van der Waals surface area contributed by atoms with Crippen LogP contribution < -0.4 is 10.2 Å². The summed E-state index contributed by atoms with van der Waals surface area (Å²) < 4.78 is 6.12. The molecule has 0 atom stereocenters. The average Bonchev–Trinajstić information content (AvgIpc) is 3.11. The third kappa shape index (κ3) is 2.22. The summed E-state index contributed by atoms with van der Waals surface area (Å²) in [5.74, 6) is 0.794. The highest BCUT2D eigenvalue weighted by molar-refractivity contribution is 9.10. The number of methoxy groups -OCH3 is 1. The van der Waals surface area contributed by atoms with Crippen LogP contribution in [0.15, 0.2) is 57.8 Å². The molecule has 19 heavy (non-hydrogen) atoms. The van der Waals surface area contributed by atoms with Gasteiger partial charge in [0.05, 0.1) is 7.11 Å². The van der Waals surface area contributed by atoms with Gasteiger partial charge >= 0.3 is 0 Å². The van der Waals surface area contributed by atoms with Crippen molar-refractivity contribution in [2.24, 2.45) is 0 Å². The Balaban J connectivity index is 1.96. The van der Waals surface area contributed by atoms with Crippen molar-refractivity contribution in [3.05, 3.63) is 63.2 Å². The molecule has 0 aliphatic heterocycles. The Morgan fingerprint density at radius 3 is 1.79 bits per heavy atom. The first kappa shape index (κ1) is 12.2. The summed E-state index contributed by atoms with van der Waals surface area (Å²) in [6, 6.07) is 15.4. The van der Waals surface area contributed by atoms with Crippen LogP contribution in [0.5, 0.6) is 5.75 Å². The van der Waals surface area contributed by atoms with Gasteiger partial charge in [-0.3, -0.25) is 4.79 Å². The molecule has 3 heteroatoms. The van der Waals surface area contributed by atoms with E-state index in [1.54, 1.807) is 7.11 Å². The van der Waals surface area contributed by atoms with Gasteiger partial charge in [-0.15, -0.1) is 0 Å². The van der Waals surface area contributed by atoms with Gasteiger partial charge in [-0.1, -0.05) is 40.2 Å². The number of hydrogen-bond acceptors (Lipinski definition) is 2. The van der Waals surface area contributed by atoms with Gasteiger partial charge < -0.3 is 4.74 Å². The monoisotopic (exact) mass is 314 g/mol. The summed E-state index contributed by atoms with van der Waals surface area (Å²) in [7, 11) is 1.63. The Labute approximate surface area is 119 Å². The first-order chi connectivity index (χ1) is 9.20. The molecule has 0 saturated heterocycles. The fourth-order valence-electron chi connectivity index (χ4n) is 2.10. The summed E-state index contributed by atoms with van der Waals surface area (Å²) >= 11 is 3.39. The van der Waals surface area contributed by atoms with Gasteiger partial charge in [-0.2, -0.15) is 0 Å². The van der Waals surface area contributed by atoms with Gasteiger partial charge in [0.1, 0.15) is 5.75 Å². The predicted octanol–water partition coefficient (Wildman–Crippen LogP) is 4.03. The summed E-state index contributed by atoms with van der Waals surface area (Å²) in [5.41, 5.74) is 3.68. The molecule has 0 unspecified atom stereocenters. The molecule has 0 amide bonds. The molecular weight excluding hydrogens is 304 g/mol. The molecule has 0 aliphatic carbocycles. The van der Waals surface area contributed by atoms with Gasteiger partial charge in [-0.25, -0.2) is 0 Å². The highest BCUT2D eigenvalue weighted by atomic mass is 79.9. The van der Waals surface area contributed by atoms with E-state index in [0.29, 0.717) is 0 Å². The molecule has 0 aromatic heterocycles. The highest BCUT2D eigenvalue weighted by Crippen LogP contribution is 2.35. The van der Waals surface area contributed by atoms with Crippen LogP contribution in [0, 0.1) is 0 Å². The third-order valence-electron chi connectivity index (χ3n) is 3.15. The predicted molar refractivity (Wildman–Crippen MR) is 80.2 cm³/mol. The van der Waals surface area contributed by atoms with Crippen molar-refractivity contribution in [2.45, 2.75) is 0 Å². The van der Waals surface area contributed by atoms with Crippen LogP contribution in [0.1, 0.15) is 0 Å².